The summed E-state index contributed by atoms with van der Waals surface area (Å²) in [5.41, 5.74) is 1.30. The van der Waals surface area contributed by atoms with Crippen molar-refractivity contribution in [2.75, 3.05) is 6.26 Å². The van der Waals surface area contributed by atoms with E-state index < -0.39 is 15.8 Å². The van der Waals surface area contributed by atoms with Crippen LogP contribution in [0.4, 0.5) is 0 Å². The van der Waals surface area contributed by atoms with Gasteiger partial charge in [-0.3, -0.25) is 0 Å². The van der Waals surface area contributed by atoms with E-state index in [4.69, 9.17) is 5.11 Å². The monoisotopic (exact) mass is 276 g/mol. The van der Waals surface area contributed by atoms with Crippen molar-refractivity contribution in [2.45, 2.75) is 4.90 Å². The van der Waals surface area contributed by atoms with Gasteiger partial charge in [0.15, 0.2) is 9.84 Å². The SMILES string of the molecule is CS(=O)(=O)c1cc(C(=O)O)cc(-c2ccccc2)c1. The molecule has 0 aliphatic heterocycles. The largest absolute Gasteiger partial charge is 0.478 e. The van der Waals surface area contributed by atoms with Crippen LogP contribution in [0.3, 0.4) is 0 Å². The molecule has 2 aromatic rings. The maximum absolute atomic E-state index is 11.6. The molecule has 4 nitrogen and oxygen atoms in total. The van der Waals surface area contributed by atoms with Crippen molar-refractivity contribution in [2.24, 2.45) is 0 Å². The van der Waals surface area contributed by atoms with Crippen LogP contribution in [0.2, 0.25) is 0 Å². The molecule has 0 unspecified atom stereocenters. The number of hydrogen-bond acceptors (Lipinski definition) is 3. The van der Waals surface area contributed by atoms with Crippen LogP contribution in [-0.2, 0) is 9.84 Å². The quantitative estimate of drug-likeness (QED) is 0.934. The van der Waals surface area contributed by atoms with Gasteiger partial charge < -0.3 is 5.11 Å². The number of sulfone groups is 1. The summed E-state index contributed by atoms with van der Waals surface area (Å²) in [5.74, 6) is -1.15. The summed E-state index contributed by atoms with van der Waals surface area (Å²) in [6.45, 7) is 0. The third-order valence-electron chi connectivity index (χ3n) is 2.69. The Morgan fingerprint density at radius 2 is 1.63 bits per heavy atom. The van der Waals surface area contributed by atoms with Crippen LogP contribution in [0, 0.1) is 0 Å². The van der Waals surface area contributed by atoms with Crippen molar-refractivity contribution < 1.29 is 18.3 Å². The Kier molecular flexibility index (Phi) is 3.40. The molecule has 0 aliphatic carbocycles. The number of carbonyl (C=O) groups is 1. The zero-order chi connectivity index (χ0) is 14.0. The second-order valence-corrected chi connectivity index (χ2v) is 6.21. The molecule has 0 saturated carbocycles. The second kappa shape index (κ2) is 4.85. The van der Waals surface area contributed by atoms with Gasteiger partial charge in [0.1, 0.15) is 0 Å². The second-order valence-electron chi connectivity index (χ2n) is 4.19. The molecule has 2 aromatic carbocycles. The number of benzene rings is 2. The Morgan fingerprint density at radius 1 is 1.00 bits per heavy atom. The molecule has 0 heterocycles. The van der Waals surface area contributed by atoms with Crippen molar-refractivity contribution >= 4 is 15.8 Å². The molecule has 0 amide bonds. The molecule has 0 radical (unpaired) electrons. The highest BCUT2D eigenvalue weighted by Gasteiger charge is 2.14. The van der Waals surface area contributed by atoms with Crippen LogP contribution in [0.5, 0.6) is 0 Å². The fraction of sp³-hybridized carbons (Fsp3) is 0.0714. The highest BCUT2D eigenvalue weighted by Crippen LogP contribution is 2.24. The minimum absolute atomic E-state index is 0.00579. The third-order valence-corrected chi connectivity index (χ3v) is 3.78. The average Bonchev–Trinajstić information content (AvgIpc) is 2.38. The molecule has 0 saturated heterocycles. The van der Waals surface area contributed by atoms with E-state index in [1.54, 1.807) is 12.1 Å². The molecule has 0 bridgehead atoms. The Balaban J connectivity index is 2.69. The van der Waals surface area contributed by atoms with Crippen molar-refractivity contribution in [1.29, 1.82) is 0 Å². The molecular formula is C14H12O4S. The zero-order valence-electron chi connectivity index (χ0n) is 10.2. The lowest BCUT2D eigenvalue weighted by atomic mass is 10.0. The van der Waals surface area contributed by atoms with Gasteiger partial charge in [-0.05, 0) is 29.3 Å². The summed E-state index contributed by atoms with van der Waals surface area (Å²) in [4.78, 5) is 11.1. The number of carboxylic acid groups (broad SMARTS) is 1. The van der Waals surface area contributed by atoms with Crippen LogP contribution < -0.4 is 0 Å². The van der Waals surface area contributed by atoms with Gasteiger partial charge in [-0.1, -0.05) is 30.3 Å². The smallest absolute Gasteiger partial charge is 0.335 e. The van der Waals surface area contributed by atoms with Gasteiger partial charge in [-0.25, -0.2) is 13.2 Å². The molecule has 0 atom stereocenters. The van der Waals surface area contributed by atoms with E-state index in [9.17, 15) is 13.2 Å². The molecule has 0 fully saturated rings. The summed E-state index contributed by atoms with van der Waals surface area (Å²) < 4.78 is 23.2. The summed E-state index contributed by atoms with van der Waals surface area (Å²) in [5, 5.41) is 9.05. The van der Waals surface area contributed by atoms with E-state index >= 15 is 0 Å². The molecule has 0 aromatic heterocycles. The Hall–Kier alpha value is -2.14. The fourth-order valence-corrected chi connectivity index (χ4v) is 2.42. The highest BCUT2D eigenvalue weighted by molar-refractivity contribution is 7.90. The predicted octanol–water partition coefficient (Wildman–Crippen LogP) is 2.46. The lowest BCUT2D eigenvalue weighted by Crippen LogP contribution is -2.03. The molecule has 19 heavy (non-hydrogen) atoms. The lowest BCUT2D eigenvalue weighted by Gasteiger charge is -2.07. The van der Waals surface area contributed by atoms with Gasteiger partial charge in [0, 0.05) is 6.26 Å². The molecular weight excluding hydrogens is 264 g/mol. The molecule has 0 aliphatic rings. The van der Waals surface area contributed by atoms with Gasteiger partial charge in [-0.15, -0.1) is 0 Å². The molecule has 98 valence electrons. The number of rotatable bonds is 3. The van der Waals surface area contributed by atoms with Gasteiger partial charge >= 0.3 is 5.97 Å². The van der Waals surface area contributed by atoms with E-state index in [0.717, 1.165) is 11.8 Å². The van der Waals surface area contributed by atoms with Crippen LogP contribution >= 0.6 is 0 Å². The van der Waals surface area contributed by atoms with Gasteiger partial charge in [-0.2, -0.15) is 0 Å². The summed E-state index contributed by atoms with van der Waals surface area (Å²) in [7, 11) is -3.45. The topological polar surface area (TPSA) is 71.4 Å². The Morgan fingerprint density at radius 3 is 2.16 bits per heavy atom. The van der Waals surface area contributed by atoms with Crippen molar-refractivity contribution in [1.82, 2.24) is 0 Å². The maximum atomic E-state index is 11.6. The lowest BCUT2D eigenvalue weighted by molar-refractivity contribution is 0.0696. The zero-order valence-corrected chi connectivity index (χ0v) is 11.0. The van der Waals surface area contributed by atoms with E-state index in [2.05, 4.69) is 0 Å². The minimum atomic E-state index is -3.45. The van der Waals surface area contributed by atoms with Crippen molar-refractivity contribution in [3.05, 3.63) is 54.1 Å². The average molecular weight is 276 g/mol. The first-order valence-corrected chi connectivity index (χ1v) is 7.41. The van der Waals surface area contributed by atoms with Crippen molar-refractivity contribution in [3.63, 3.8) is 0 Å². The van der Waals surface area contributed by atoms with Gasteiger partial charge in [0.2, 0.25) is 0 Å². The van der Waals surface area contributed by atoms with Gasteiger partial charge in [0.05, 0.1) is 10.5 Å². The Bertz CT molecular complexity index is 718. The molecule has 5 heteroatoms. The van der Waals surface area contributed by atoms with E-state index in [1.807, 2.05) is 18.2 Å². The molecule has 0 spiro atoms. The number of aromatic carboxylic acids is 1. The van der Waals surface area contributed by atoms with Gasteiger partial charge in [0.25, 0.3) is 0 Å². The normalized spacial score (nSPS) is 11.2. The summed E-state index contributed by atoms with van der Waals surface area (Å²) in [6, 6.07) is 13.2. The fourth-order valence-electron chi connectivity index (χ4n) is 1.73. The van der Waals surface area contributed by atoms with Crippen LogP contribution in [0.15, 0.2) is 53.4 Å². The van der Waals surface area contributed by atoms with E-state index in [1.165, 1.54) is 18.2 Å². The first-order chi connectivity index (χ1) is 8.88. The van der Waals surface area contributed by atoms with E-state index in [-0.39, 0.29) is 10.5 Å². The van der Waals surface area contributed by atoms with Crippen LogP contribution in [0.25, 0.3) is 11.1 Å². The predicted molar refractivity (Wildman–Crippen MR) is 71.9 cm³/mol. The number of hydrogen-bond donors (Lipinski definition) is 1. The minimum Gasteiger partial charge on any atom is -0.478 e. The maximum Gasteiger partial charge on any atom is 0.335 e. The van der Waals surface area contributed by atoms with Crippen LogP contribution in [0.1, 0.15) is 10.4 Å². The summed E-state index contributed by atoms with van der Waals surface area (Å²) >= 11 is 0. The Labute approximate surface area is 111 Å². The molecule has 1 N–H and O–H groups in total. The molecule has 2 rings (SSSR count). The van der Waals surface area contributed by atoms with Crippen molar-refractivity contribution in [3.8, 4) is 11.1 Å². The summed E-state index contributed by atoms with van der Waals surface area (Å²) in [6.07, 6.45) is 1.06. The highest BCUT2D eigenvalue weighted by atomic mass is 32.2. The first kappa shape index (κ1) is 13.3. The number of carboxylic acids is 1. The first-order valence-electron chi connectivity index (χ1n) is 5.52. The standard InChI is InChI=1S/C14H12O4S/c1-19(17,18)13-8-11(7-12(9-13)14(15)16)10-5-3-2-4-6-10/h2-9H,1H3,(H,15,16). The van der Waals surface area contributed by atoms with Crippen LogP contribution in [-0.4, -0.2) is 25.7 Å². The third kappa shape index (κ3) is 3.00. The van der Waals surface area contributed by atoms with E-state index in [0.29, 0.717) is 5.56 Å².